The number of benzene rings is 1. The van der Waals surface area contributed by atoms with Crippen molar-refractivity contribution < 1.29 is 14.7 Å². The average Bonchev–Trinajstić information content (AvgIpc) is 2.22. The smallest absolute Gasteiger partial charge is 0.323 e. The molecule has 0 spiro atoms. The predicted octanol–water partition coefficient (Wildman–Crippen LogP) is 0.530. The van der Waals surface area contributed by atoms with Crippen LogP contribution < -0.4 is 10.2 Å². The van der Waals surface area contributed by atoms with Crippen molar-refractivity contribution >= 4 is 23.3 Å². The Hall–Kier alpha value is -2.04. The molecule has 0 aromatic heterocycles. The van der Waals surface area contributed by atoms with Gasteiger partial charge in [0.2, 0.25) is 5.91 Å². The van der Waals surface area contributed by atoms with E-state index in [-0.39, 0.29) is 19.0 Å². The van der Waals surface area contributed by atoms with Gasteiger partial charge in [-0.15, -0.1) is 0 Å². The number of fused-ring (bicyclic) bond motifs is 1. The largest absolute Gasteiger partial charge is 0.480 e. The highest BCUT2D eigenvalue weighted by molar-refractivity contribution is 6.05. The maximum absolute atomic E-state index is 11.5. The van der Waals surface area contributed by atoms with E-state index in [1.54, 1.807) is 12.1 Å². The molecule has 2 N–H and O–H groups in total. The van der Waals surface area contributed by atoms with Gasteiger partial charge < -0.3 is 10.4 Å². The molecule has 1 heterocycles. The first-order valence-electron chi connectivity index (χ1n) is 4.53. The quantitative estimate of drug-likeness (QED) is 0.740. The molecule has 0 radical (unpaired) electrons. The molecule has 0 saturated carbocycles. The standard InChI is InChI=1S/C10H10N2O3/c13-9-5-11-7-3-1-2-4-8(7)12(9)6-10(14)15/h1-4,11H,5-6H2,(H,14,15). The van der Waals surface area contributed by atoms with Crippen LogP contribution in [-0.2, 0) is 9.59 Å². The number of aliphatic carboxylic acids is 1. The molecule has 0 unspecified atom stereocenters. The zero-order valence-electron chi connectivity index (χ0n) is 7.93. The van der Waals surface area contributed by atoms with E-state index in [9.17, 15) is 9.59 Å². The second-order valence-electron chi connectivity index (χ2n) is 3.24. The highest BCUT2D eigenvalue weighted by atomic mass is 16.4. The third-order valence-corrected chi connectivity index (χ3v) is 2.22. The lowest BCUT2D eigenvalue weighted by molar-refractivity contribution is -0.136. The number of nitrogens with zero attached hydrogens (tertiary/aromatic N) is 1. The third-order valence-electron chi connectivity index (χ3n) is 2.22. The minimum atomic E-state index is -1.01. The normalized spacial score (nSPS) is 14.4. The minimum Gasteiger partial charge on any atom is -0.480 e. The monoisotopic (exact) mass is 206 g/mol. The van der Waals surface area contributed by atoms with Crippen LogP contribution in [0.4, 0.5) is 11.4 Å². The molecule has 5 heteroatoms. The van der Waals surface area contributed by atoms with Crippen molar-refractivity contribution in [3.63, 3.8) is 0 Å². The van der Waals surface area contributed by atoms with Crippen molar-refractivity contribution in [3.05, 3.63) is 24.3 Å². The summed E-state index contributed by atoms with van der Waals surface area (Å²) in [6.07, 6.45) is 0. The van der Waals surface area contributed by atoms with Crippen molar-refractivity contribution in [2.45, 2.75) is 0 Å². The van der Waals surface area contributed by atoms with Gasteiger partial charge in [-0.25, -0.2) is 0 Å². The molecule has 1 aromatic rings. The molecule has 5 nitrogen and oxygen atoms in total. The van der Waals surface area contributed by atoms with Crippen molar-refractivity contribution in [2.75, 3.05) is 23.3 Å². The molecule has 78 valence electrons. The number of carboxylic acids is 1. The van der Waals surface area contributed by atoms with Gasteiger partial charge in [0, 0.05) is 0 Å². The molecule has 1 aliphatic rings. The fourth-order valence-corrected chi connectivity index (χ4v) is 1.57. The molecule has 0 fully saturated rings. The van der Waals surface area contributed by atoms with Gasteiger partial charge in [0.1, 0.15) is 6.54 Å². The lowest BCUT2D eigenvalue weighted by Gasteiger charge is -2.28. The van der Waals surface area contributed by atoms with E-state index >= 15 is 0 Å². The van der Waals surface area contributed by atoms with Crippen LogP contribution in [0.5, 0.6) is 0 Å². The van der Waals surface area contributed by atoms with Gasteiger partial charge >= 0.3 is 5.97 Å². The van der Waals surface area contributed by atoms with Crippen molar-refractivity contribution in [1.29, 1.82) is 0 Å². The lowest BCUT2D eigenvalue weighted by atomic mass is 10.2. The third kappa shape index (κ3) is 1.76. The molecule has 1 amide bonds. The maximum atomic E-state index is 11.5. The van der Waals surface area contributed by atoms with Crippen molar-refractivity contribution in [2.24, 2.45) is 0 Å². The van der Waals surface area contributed by atoms with Crippen LogP contribution in [0.25, 0.3) is 0 Å². The highest BCUT2D eigenvalue weighted by Crippen LogP contribution is 2.28. The molecule has 0 bridgehead atoms. The second kappa shape index (κ2) is 3.61. The van der Waals surface area contributed by atoms with E-state index in [4.69, 9.17) is 5.11 Å². The summed E-state index contributed by atoms with van der Waals surface area (Å²) < 4.78 is 0. The first-order valence-corrected chi connectivity index (χ1v) is 4.53. The summed E-state index contributed by atoms with van der Waals surface area (Å²) >= 11 is 0. The Labute approximate surface area is 86.3 Å². The van der Waals surface area contributed by atoms with Crippen LogP contribution in [0.3, 0.4) is 0 Å². The average molecular weight is 206 g/mol. The van der Waals surface area contributed by atoms with E-state index in [1.807, 2.05) is 12.1 Å². The summed E-state index contributed by atoms with van der Waals surface area (Å²) in [5.41, 5.74) is 1.41. The van der Waals surface area contributed by atoms with Crippen LogP contribution >= 0.6 is 0 Å². The summed E-state index contributed by atoms with van der Waals surface area (Å²) in [6.45, 7) is -0.151. The first-order chi connectivity index (χ1) is 7.18. The van der Waals surface area contributed by atoms with E-state index in [2.05, 4.69) is 5.32 Å². The van der Waals surface area contributed by atoms with Gasteiger partial charge in [-0.3, -0.25) is 14.5 Å². The molecule has 0 atom stereocenters. The number of para-hydroxylation sites is 2. The van der Waals surface area contributed by atoms with Gasteiger partial charge in [0.25, 0.3) is 0 Å². The number of amides is 1. The molecule has 2 rings (SSSR count). The fraction of sp³-hybridized carbons (Fsp3) is 0.200. The van der Waals surface area contributed by atoms with Gasteiger partial charge in [-0.2, -0.15) is 0 Å². The van der Waals surface area contributed by atoms with Crippen LogP contribution in [0.1, 0.15) is 0 Å². The molecular weight excluding hydrogens is 196 g/mol. The topological polar surface area (TPSA) is 69.6 Å². The number of carbonyl (C=O) groups excluding carboxylic acids is 1. The van der Waals surface area contributed by atoms with Crippen LogP contribution in [0, 0.1) is 0 Å². The Morgan fingerprint density at radius 1 is 1.47 bits per heavy atom. The summed E-state index contributed by atoms with van der Waals surface area (Å²) in [6, 6.07) is 7.15. The van der Waals surface area contributed by atoms with Gasteiger partial charge in [0.05, 0.1) is 17.9 Å². The number of hydrogen-bond donors (Lipinski definition) is 2. The van der Waals surface area contributed by atoms with E-state index in [1.165, 1.54) is 4.90 Å². The van der Waals surface area contributed by atoms with Crippen LogP contribution in [-0.4, -0.2) is 30.1 Å². The number of rotatable bonds is 2. The summed E-state index contributed by atoms with van der Waals surface area (Å²) in [5.74, 6) is -1.24. The number of carboxylic acid groups (broad SMARTS) is 1. The fourth-order valence-electron chi connectivity index (χ4n) is 1.57. The van der Waals surface area contributed by atoms with Crippen LogP contribution in [0.2, 0.25) is 0 Å². The summed E-state index contributed by atoms with van der Waals surface area (Å²) in [7, 11) is 0. The Morgan fingerprint density at radius 3 is 2.93 bits per heavy atom. The van der Waals surface area contributed by atoms with Crippen molar-refractivity contribution in [3.8, 4) is 0 Å². The zero-order valence-corrected chi connectivity index (χ0v) is 7.93. The zero-order chi connectivity index (χ0) is 10.8. The minimum absolute atomic E-state index is 0.143. The molecule has 1 aromatic carbocycles. The Morgan fingerprint density at radius 2 is 2.20 bits per heavy atom. The summed E-state index contributed by atoms with van der Waals surface area (Å²) in [4.78, 5) is 23.4. The second-order valence-corrected chi connectivity index (χ2v) is 3.24. The SMILES string of the molecule is O=C(O)CN1C(=O)CNc2ccccc21. The highest BCUT2D eigenvalue weighted by Gasteiger charge is 2.24. The maximum Gasteiger partial charge on any atom is 0.323 e. The Balaban J connectivity index is 2.37. The van der Waals surface area contributed by atoms with E-state index in [0.29, 0.717) is 5.69 Å². The number of nitrogens with one attached hydrogen (secondary N) is 1. The van der Waals surface area contributed by atoms with Gasteiger partial charge in [-0.05, 0) is 12.1 Å². The number of hydrogen-bond acceptors (Lipinski definition) is 3. The van der Waals surface area contributed by atoms with Crippen molar-refractivity contribution in [1.82, 2.24) is 0 Å². The van der Waals surface area contributed by atoms with Gasteiger partial charge in [0.15, 0.2) is 0 Å². The molecule has 0 saturated heterocycles. The van der Waals surface area contributed by atoms with Crippen LogP contribution in [0.15, 0.2) is 24.3 Å². The number of anilines is 2. The summed E-state index contributed by atoms with van der Waals surface area (Å²) in [5, 5.41) is 11.6. The van der Waals surface area contributed by atoms with E-state index in [0.717, 1.165) is 5.69 Å². The molecule has 0 aliphatic carbocycles. The first kappa shape index (κ1) is 9.51. The molecule has 1 aliphatic heterocycles. The Bertz CT molecular complexity index is 417. The van der Waals surface area contributed by atoms with Gasteiger partial charge in [-0.1, -0.05) is 12.1 Å². The molecule has 15 heavy (non-hydrogen) atoms. The predicted molar refractivity (Wildman–Crippen MR) is 54.9 cm³/mol. The molecular formula is C10H10N2O3. The number of carbonyl (C=O) groups is 2. The van der Waals surface area contributed by atoms with E-state index < -0.39 is 5.97 Å². The lowest BCUT2D eigenvalue weighted by Crippen LogP contribution is -2.42. The Kier molecular flexibility index (Phi) is 2.29.